The van der Waals surface area contributed by atoms with Crippen LogP contribution in [-0.4, -0.2) is 50.9 Å². The zero-order valence-electron chi connectivity index (χ0n) is 12.8. The van der Waals surface area contributed by atoms with E-state index in [1.807, 2.05) is 30.5 Å². The number of carbonyl (C=O) groups is 1. The second-order valence-electron chi connectivity index (χ2n) is 6.09. The van der Waals surface area contributed by atoms with Gasteiger partial charge in [0.2, 0.25) is 0 Å². The summed E-state index contributed by atoms with van der Waals surface area (Å²) in [5.41, 5.74) is 0.580. The van der Waals surface area contributed by atoms with E-state index in [9.17, 15) is 15.0 Å². The van der Waals surface area contributed by atoms with Crippen LogP contribution in [0.3, 0.4) is 0 Å². The highest BCUT2D eigenvalue weighted by molar-refractivity contribution is 5.98. The van der Waals surface area contributed by atoms with Gasteiger partial charge >= 0.3 is 0 Å². The Kier molecular flexibility index (Phi) is 3.93. The van der Waals surface area contributed by atoms with E-state index in [4.69, 9.17) is 0 Å². The molecular weight excluding hydrogens is 280 g/mol. The highest BCUT2D eigenvalue weighted by Gasteiger charge is 2.34. The molecule has 2 N–H and O–H groups in total. The second kappa shape index (κ2) is 5.74. The molecule has 1 aliphatic heterocycles. The van der Waals surface area contributed by atoms with Crippen LogP contribution in [0.4, 0.5) is 0 Å². The number of hydrogen-bond donors (Lipinski definition) is 2. The minimum Gasteiger partial charge on any atom is -0.393 e. The summed E-state index contributed by atoms with van der Waals surface area (Å²) < 4.78 is 2.13. The third kappa shape index (κ3) is 2.62. The summed E-state index contributed by atoms with van der Waals surface area (Å²) in [6, 6.07) is 7.71. The van der Waals surface area contributed by atoms with Gasteiger partial charge in [0.25, 0.3) is 5.91 Å². The summed E-state index contributed by atoms with van der Waals surface area (Å²) in [7, 11) is 0. The van der Waals surface area contributed by atoms with Gasteiger partial charge in [-0.25, -0.2) is 0 Å². The van der Waals surface area contributed by atoms with Gasteiger partial charge in [-0.05, 0) is 44.0 Å². The second-order valence-corrected chi connectivity index (χ2v) is 6.09. The van der Waals surface area contributed by atoms with Crippen molar-refractivity contribution >= 4 is 16.8 Å². The van der Waals surface area contributed by atoms with Crippen molar-refractivity contribution < 1.29 is 15.0 Å². The topological polar surface area (TPSA) is 65.7 Å². The number of aromatic nitrogens is 1. The van der Waals surface area contributed by atoms with Crippen LogP contribution in [0.2, 0.25) is 0 Å². The number of likely N-dealkylation sites (tertiary alicyclic amines) is 1. The van der Waals surface area contributed by atoms with E-state index in [-0.39, 0.29) is 19.1 Å². The van der Waals surface area contributed by atoms with Crippen LogP contribution < -0.4 is 0 Å². The van der Waals surface area contributed by atoms with Crippen molar-refractivity contribution in [2.45, 2.75) is 31.9 Å². The largest absolute Gasteiger partial charge is 0.393 e. The van der Waals surface area contributed by atoms with Crippen molar-refractivity contribution in [3.05, 3.63) is 36.0 Å². The number of amides is 1. The Labute approximate surface area is 129 Å². The molecule has 5 nitrogen and oxygen atoms in total. The number of carbonyl (C=O) groups excluding carboxylic acids is 1. The molecule has 22 heavy (non-hydrogen) atoms. The van der Waals surface area contributed by atoms with E-state index in [0.29, 0.717) is 24.9 Å². The fourth-order valence-electron chi connectivity index (χ4n) is 3.21. The summed E-state index contributed by atoms with van der Waals surface area (Å²) in [6.45, 7) is 3.48. The molecular formula is C17H22N2O3. The van der Waals surface area contributed by atoms with Crippen molar-refractivity contribution in [2.24, 2.45) is 0 Å². The quantitative estimate of drug-likeness (QED) is 0.905. The Morgan fingerprint density at radius 2 is 2.18 bits per heavy atom. The lowest BCUT2D eigenvalue weighted by molar-refractivity contribution is -0.0598. The van der Waals surface area contributed by atoms with Crippen LogP contribution in [0.1, 0.15) is 30.1 Å². The van der Waals surface area contributed by atoms with E-state index in [0.717, 1.165) is 17.4 Å². The summed E-state index contributed by atoms with van der Waals surface area (Å²) in [6.07, 6.45) is 3.26. The van der Waals surface area contributed by atoms with Crippen molar-refractivity contribution in [1.82, 2.24) is 9.47 Å². The number of rotatable bonds is 3. The van der Waals surface area contributed by atoms with Gasteiger partial charge < -0.3 is 19.7 Å². The SMILES string of the molecule is CCn1ccc2cc(C(=O)N3CCC[C@@](O)(CO)C3)ccc21. The molecule has 2 aromatic rings. The smallest absolute Gasteiger partial charge is 0.253 e. The van der Waals surface area contributed by atoms with Crippen LogP contribution in [0.15, 0.2) is 30.5 Å². The number of β-amino-alcohol motifs (C(OH)–C–C–N with tert-alkyl or cyclic N) is 1. The van der Waals surface area contributed by atoms with Crippen LogP contribution in [0.25, 0.3) is 10.9 Å². The van der Waals surface area contributed by atoms with Gasteiger partial charge in [0, 0.05) is 35.8 Å². The molecule has 1 atom stereocenters. The molecule has 1 aliphatic rings. The van der Waals surface area contributed by atoms with Gasteiger partial charge in [-0.3, -0.25) is 4.79 Å². The molecule has 1 fully saturated rings. The molecule has 118 valence electrons. The highest BCUT2D eigenvalue weighted by atomic mass is 16.3. The van der Waals surface area contributed by atoms with Gasteiger partial charge in [-0.2, -0.15) is 0 Å². The zero-order chi connectivity index (χ0) is 15.7. The van der Waals surface area contributed by atoms with Crippen molar-refractivity contribution in [3.8, 4) is 0 Å². The minimum atomic E-state index is -1.16. The molecule has 0 saturated carbocycles. The first kappa shape index (κ1) is 15.1. The molecule has 1 saturated heterocycles. The van der Waals surface area contributed by atoms with Gasteiger partial charge in [0.05, 0.1) is 13.2 Å². The first-order chi connectivity index (χ1) is 10.6. The maximum Gasteiger partial charge on any atom is 0.253 e. The van der Waals surface area contributed by atoms with E-state index in [1.54, 1.807) is 4.90 Å². The minimum absolute atomic E-state index is 0.0854. The average Bonchev–Trinajstić information content (AvgIpc) is 2.96. The lowest BCUT2D eigenvalue weighted by Crippen LogP contribution is -2.52. The number of aliphatic hydroxyl groups excluding tert-OH is 1. The monoisotopic (exact) mass is 302 g/mol. The summed E-state index contributed by atoms with van der Waals surface area (Å²) in [5.74, 6) is -0.0854. The average molecular weight is 302 g/mol. The van der Waals surface area contributed by atoms with Gasteiger partial charge in [0.1, 0.15) is 5.60 Å². The molecule has 1 aromatic heterocycles. The maximum absolute atomic E-state index is 12.6. The predicted molar refractivity (Wildman–Crippen MR) is 84.8 cm³/mol. The molecule has 0 spiro atoms. The fourth-order valence-corrected chi connectivity index (χ4v) is 3.21. The molecule has 0 bridgehead atoms. The molecule has 1 aromatic carbocycles. The number of fused-ring (bicyclic) bond motifs is 1. The fraction of sp³-hybridized carbons (Fsp3) is 0.471. The zero-order valence-corrected chi connectivity index (χ0v) is 12.8. The van der Waals surface area contributed by atoms with Crippen molar-refractivity contribution in [3.63, 3.8) is 0 Å². The van der Waals surface area contributed by atoms with Crippen LogP contribution >= 0.6 is 0 Å². The molecule has 5 heteroatoms. The number of benzene rings is 1. The predicted octanol–water partition coefficient (Wildman–Crippen LogP) is 1.62. The molecule has 3 rings (SSSR count). The highest BCUT2D eigenvalue weighted by Crippen LogP contribution is 2.24. The van der Waals surface area contributed by atoms with Crippen molar-refractivity contribution in [2.75, 3.05) is 19.7 Å². The van der Waals surface area contributed by atoms with Crippen molar-refractivity contribution in [1.29, 1.82) is 0 Å². The Morgan fingerprint density at radius 1 is 1.36 bits per heavy atom. The number of hydrogen-bond acceptors (Lipinski definition) is 3. The number of aryl methyl sites for hydroxylation is 1. The van der Waals surface area contributed by atoms with E-state index < -0.39 is 5.60 Å². The van der Waals surface area contributed by atoms with E-state index in [2.05, 4.69) is 11.5 Å². The van der Waals surface area contributed by atoms with Crippen LogP contribution in [0, 0.1) is 0 Å². The lowest BCUT2D eigenvalue weighted by Gasteiger charge is -2.38. The maximum atomic E-state index is 12.6. The summed E-state index contributed by atoms with van der Waals surface area (Å²) in [4.78, 5) is 14.3. The standard InChI is InChI=1S/C17H22N2O3/c1-2-18-9-6-13-10-14(4-5-15(13)18)16(21)19-8-3-7-17(22,11-19)12-20/h4-6,9-10,20,22H,2-3,7-8,11-12H2,1H3/t17-/m0/s1. The number of nitrogens with zero attached hydrogens (tertiary/aromatic N) is 2. The van der Waals surface area contributed by atoms with Crippen LogP contribution in [0.5, 0.6) is 0 Å². The van der Waals surface area contributed by atoms with Crippen LogP contribution in [-0.2, 0) is 6.54 Å². The Balaban J connectivity index is 1.85. The van der Waals surface area contributed by atoms with E-state index >= 15 is 0 Å². The summed E-state index contributed by atoms with van der Waals surface area (Å²) >= 11 is 0. The summed E-state index contributed by atoms with van der Waals surface area (Å²) in [5, 5.41) is 20.6. The molecule has 0 radical (unpaired) electrons. The first-order valence-corrected chi connectivity index (χ1v) is 7.78. The number of aliphatic hydroxyl groups is 2. The Bertz CT molecular complexity index is 694. The molecule has 1 amide bonds. The third-order valence-electron chi connectivity index (χ3n) is 4.50. The normalized spacial score (nSPS) is 22.2. The molecule has 2 heterocycles. The molecule has 0 unspecified atom stereocenters. The van der Waals surface area contributed by atoms with E-state index in [1.165, 1.54) is 0 Å². The first-order valence-electron chi connectivity index (χ1n) is 7.78. The van der Waals surface area contributed by atoms with Gasteiger partial charge in [-0.1, -0.05) is 0 Å². The van der Waals surface area contributed by atoms with Gasteiger partial charge in [0.15, 0.2) is 0 Å². The Morgan fingerprint density at radius 3 is 2.91 bits per heavy atom. The lowest BCUT2D eigenvalue weighted by atomic mass is 9.93. The third-order valence-corrected chi connectivity index (χ3v) is 4.50. The molecule has 0 aliphatic carbocycles. The number of piperidine rings is 1. The van der Waals surface area contributed by atoms with Gasteiger partial charge in [-0.15, -0.1) is 0 Å². The Hall–Kier alpha value is -1.85.